The number of anilines is 3. The first kappa shape index (κ1) is 25.8. The summed E-state index contributed by atoms with van der Waals surface area (Å²) in [5.74, 6) is -0.513. The Morgan fingerprint density at radius 1 is 1.17 bits per heavy atom. The number of phenolic OH excluding ortho intramolecular Hbond substituents is 1. The molecule has 11 nitrogen and oxygen atoms in total. The van der Waals surface area contributed by atoms with Gasteiger partial charge in [-0.3, -0.25) is 0 Å². The molecule has 36 heavy (non-hydrogen) atoms. The van der Waals surface area contributed by atoms with Gasteiger partial charge < -0.3 is 15.7 Å². The van der Waals surface area contributed by atoms with Crippen LogP contribution >= 0.6 is 0 Å². The van der Waals surface area contributed by atoms with Gasteiger partial charge in [-0.25, -0.2) is 35.7 Å². The van der Waals surface area contributed by atoms with Gasteiger partial charge in [0, 0.05) is 49.2 Å². The van der Waals surface area contributed by atoms with E-state index in [2.05, 4.69) is 30.0 Å². The molecule has 2 aromatic carbocycles. The lowest BCUT2D eigenvalue weighted by Crippen LogP contribution is -2.27. The smallest absolute Gasteiger partial charge is 0.243 e. The lowest BCUT2D eigenvalue weighted by Gasteiger charge is -2.14. The summed E-state index contributed by atoms with van der Waals surface area (Å²) in [6.45, 7) is 2.15. The number of hydrogen-bond donors (Lipinski definition) is 5. The fourth-order valence-corrected chi connectivity index (χ4v) is 5.87. The molecule has 0 radical (unpaired) electrons. The Kier molecular flexibility index (Phi) is 7.40. The summed E-state index contributed by atoms with van der Waals surface area (Å²) in [7, 11) is -7.90. The van der Waals surface area contributed by atoms with Crippen LogP contribution in [0.1, 0.15) is 17.5 Å². The summed E-state index contributed by atoms with van der Waals surface area (Å²) in [6, 6.07) is 7.69. The van der Waals surface area contributed by atoms with E-state index in [4.69, 9.17) is 0 Å². The number of fused-ring (bicyclic) bond motifs is 4. The number of halogens is 1. The number of hydrogen-bond acceptors (Lipinski definition) is 9. The van der Waals surface area contributed by atoms with Crippen molar-refractivity contribution in [1.82, 2.24) is 19.4 Å². The number of nitrogens with zero attached hydrogens (tertiary/aromatic N) is 2. The molecule has 0 atom stereocenters. The van der Waals surface area contributed by atoms with Crippen molar-refractivity contribution in [3.8, 4) is 5.75 Å². The van der Waals surface area contributed by atoms with Gasteiger partial charge in [0.25, 0.3) is 0 Å². The Bertz CT molecular complexity index is 1500. The van der Waals surface area contributed by atoms with Crippen LogP contribution in [0.25, 0.3) is 0 Å². The summed E-state index contributed by atoms with van der Waals surface area (Å²) in [5.41, 5.74) is 1.48. The minimum atomic E-state index is -4.07. The zero-order valence-corrected chi connectivity index (χ0v) is 20.9. The van der Waals surface area contributed by atoms with Crippen LogP contribution in [0, 0.1) is 12.7 Å². The molecule has 0 unspecified atom stereocenters. The molecule has 4 bridgehead atoms. The van der Waals surface area contributed by atoms with E-state index in [9.17, 15) is 26.3 Å². The first-order chi connectivity index (χ1) is 17.0. The van der Waals surface area contributed by atoms with Crippen molar-refractivity contribution in [2.45, 2.75) is 29.6 Å². The average Bonchev–Trinajstić information content (AvgIpc) is 2.81. The Morgan fingerprint density at radius 3 is 2.78 bits per heavy atom. The monoisotopic (exact) mass is 536 g/mol. The lowest BCUT2D eigenvalue weighted by molar-refractivity contribution is 0.473. The van der Waals surface area contributed by atoms with Crippen molar-refractivity contribution < 1.29 is 26.3 Å². The van der Waals surface area contributed by atoms with Crippen LogP contribution in [0.5, 0.6) is 5.75 Å². The highest BCUT2D eigenvalue weighted by atomic mass is 32.2. The van der Waals surface area contributed by atoms with Crippen molar-refractivity contribution in [3.05, 3.63) is 59.5 Å². The van der Waals surface area contributed by atoms with Crippen molar-refractivity contribution in [3.63, 3.8) is 0 Å². The van der Waals surface area contributed by atoms with Gasteiger partial charge in [-0.05, 0) is 43.5 Å². The van der Waals surface area contributed by atoms with Gasteiger partial charge in [0.15, 0.2) is 0 Å². The number of aryl methyl sites for hydroxylation is 1. The second-order valence-electron chi connectivity index (χ2n) is 8.17. The zero-order valence-electron chi connectivity index (χ0n) is 19.2. The van der Waals surface area contributed by atoms with Gasteiger partial charge in [0.05, 0.1) is 4.90 Å². The molecule has 0 fully saturated rings. The first-order valence-electron chi connectivity index (χ1n) is 11.0. The fourth-order valence-electron chi connectivity index (χ4n) is 3.54. The van der Waals surface area contributed by atoms with Gasteiger partial charge in [0.2, 0.25) is 26.0 Å². The molecule has 2 heterocycles. The number of phenols is 1. The Balaban J connectivity index is 1.55. The molecule has 4 rings (SSSR count). The average molecular weight is 537 g/mol. The predicted molar refractivity (Wildman–Crippen MR) is 132 cm³/mol. The first-order valence-corrected chi connectivity index (χ1v) is 14.0. The molecule has 5 N–H and O–H groups in total. The van der Waals surface area contributed by atoms with Gasteiger partial charge in [-0.1, -0.05) is 6.07 Å². The Labute approximate surface area is 208 Å². The maximum absolute atomic E-state index is 14.1. The molecule has 1 aliphatic rings. The minimum absolute atomic E-state index is 0.0315. The van der Waals surface area contributed by atoms with Crippen LogP contribution in [0.15, 0.2) is 52.4 Å². The molecule has 0 saturated carbocycles. The Morgan fingerprint density at radius 2 is 1.97 bits per heavy atom. The maximum Gasteiger partial charge on any atom is 0.243 e. The quantitative estimate of drug-likeness (QED) is 0.328. The predicted octanol–water partition coefficient (Wildman–Crippen LogP) is 1.99. The van der Waals surface area contributed by atoms with Crippen molar-refractivity contribution in [1.29, 1.82) is 0 Å². The molecule has 192 valence electrons. The van der Waals surface area contributed by atoms with Crippen molar-refractivity contribution >= 4 is 37.5 Å². The number of rotatable bonds is 5. The topological polar surface area (TPSA) is 162 Å². The Hall–Kier alpha value is -3.33. The molecule has 0 amide bonds. The zero-order chi connectivity index (χ0) is 25.9. The second-order valence-corrected chi connectivity index (χ2v) is 11.7. The van der Waals surface area contributed by atoms with Crippen molar-refractivity contribution in [2.75, 3.05) is 30.3 Å². The molecule has 3 aromatic rings. The van der Waals surface area contributed by atoms with Gasteiger partial charge in [-0.2, -0.15) is 4.98 Å². The fraction of sp³-hybridized carbons (Fsp3) is 0.273. The summed E-state index contributed by atoms with van der Waals surface area (Å²) >= 11 is 0. The molecule has 0 spiro atoms. The third-order valence-corrected chi connectivity index (χ3v) is 8.24. The van der Waals surface area contributed by atoms with E-state index in [0.29, 0.717) is 29.9 Å². The van der Waals surface area contributed by atoms with Crippen LogP contribution in [0.2, 0.25) is 0 Å². The van der Waals surface area contributed by atoms with Gasteiger partial charge >= 0.3 is 0 Å². The van der Waals surface area contributed by atoms with Crippen LogP contribution in [0.3, 0.4) is 0 Å². The largest absolute Gasteiger partial charge is 0.508 e. The highest BCUT2D eigenvalue weighted by Crippen LogP contribution is 2.26. The summed E-state index contributed by atoms with van der Waals surface area (Å²) in [6.07, 6.45) is 2.14. The van der Waals surface area contributed by atoms with E-state index < -0.39 is 30.8 Å². The van der Waals surface area contributed by atoms with E-state index in [1.54, 1.807) is 6.92 Å². The van der Waals surface area contributed by atoms with Gasteiger partial charge in [-0.15, -0.1) is 0 Å². The van der Waals surface area contributed by atoms with E-state index in [1.165, 1.54) is 30.5 Å². The number of sulfonamides is 2. The highest BCUT2D eigenvalue weighted by Gasteiger charge is 2.20. The van der Waals surface area contributed by atoms with Crippen LogP contribution in [0.4, 0.5) is 21.8 Å². The molecule has 1 aliphatic heterocycles. The number of aromatic hydroxyl groups is 1. The third-order valence-electron chi connectivity index (χ3n) is 5.32. The lowest BCUT2D eigenvalue weighted by atomic mass is 10.2. The van der Waals surface area contributed by atoms with Crippen LogP contribution < -0.4 is 20.1 Å². The number of aromatic nitrogens is 2. The van der Waals surface area contributed by atoms with E-state index in [-0.39, 0.29) is 41.8 Å². The SMILES string of the molecule is Cc1ccc(F)c(S(=O)(=O)NCCc2cnc3nc2NCCCNS(=O)(=O)c2cc(O)cc(c2)N3)c1. The number of benzene rings is 2. The van der Waals surface area contributed by atoms with E-state index >= 15 is 0 Å². The second kappa shape index (κ2) is 10.3. The third kappa shape index (κ3) is 6.07. The molecular weight excluding hydrogens is 511 g/mol. The molecule has 0 saturated heterocycles. The summed E-state index contributed by atoms with van der Waals surface area (Å²) in [4.78, 5) is 8.14. The van der Waals surface area contributed by atoms with Crippen LogP contribution in [-0.2, 0) is 26.5 Å². The molecule has 1 aromatic heterocycles. The number of nitrogens with one attached hydrogen (secondary N) is 4. The normalized spacial score (nSPS) is 15.5. The maximum atomic E-state index is 14.1. The van der Waals surface area contributed by atoms with Gasteiger partial charge in [0.1, 0.15) is 22.3 Å². The van der Waals surface area contributed by atoms with E-state index in [1.807, 2.05) is 0 Å². The molecular formula is C22H25FN6O5S2. The minimum Gasteiger partial charge on any atom is -0.508 e. The van der Waals surface area contributed by atoms with Crippen LogP contribution in [-0.4, -0.2) is 51.5 Å². The summed E-state index contributed by atoms with van der Waals surface area (Å²) in [5, 5.41) is 16.0. The molecule has 0 aliphatic carbocycles. The van der Waals surface area contributed by atoms with Crippen molar-refractivity contribution in [2.24, 2.45) is 0 Å². The summed E-state index contributed by atoms with van der Waals surface area (Å²) < 4.78 is 69.2. The van der Waals surface area contributed by atoms with E-state index in [0.717, 1.165) is 12.1 Å². The molecule has 14 heteroatoms. The highest BCUT2D eigenvalue weighted by molar-refractivity contribution is 7.89. The standard InChI is InChI=1S/C22H25FN6O5S2/c1-14-3-4-19(23)20(9-14)36(33,34)27-8-5-15-13-25-22-28-16-10-17(30)12-18(11-16)35(31,32)26-7-2-6-24-21(15)29-22/h3-4,9-13,26-27,30H,2,5-8H2,1H3,(H2,24,25,28,29).